The Hall–Kier alpha value is -0.450. The van der Waals surface area contributed by atoms with Gasteiger partial charge in [0, 0.05) is 21.0 Å². The molecule has 0 aliphatic heterocycles. The Morgan fingerprint density at radius 3 is 2.46 bits per heavy atom. The highest BCUT2D eigenvalue weighted by Crippen LogP contribution is 2.21. The lowest BCUT2D eigenvalue weighted by Crippen LogP contribution is -2.23. The second kappa shape index (κ2) is 5.32. The number of nitrogens with zero attached hydrogens (tertiary/aromatic N) is 1. The Kier molecular flexibility index (Phi) is 4.35. The summed E-state index contributed by atoms with van der Waals surface area (Å²) in [6, 6.07) is 0. The summed E-state index contributed by atoms with van der Waals surface area (Å²) in [5.74, 6) is 0.234. The molecule has 0 bridgehead atoms. The molecule has 1 fully saturated rings. The van der Waals surface area contributed by atoms with Crippen LogP contribution in [0.5, 0.6) is 0 Å². The third-order valence-electron chi connectivity index (χ3n) is 2.40. The van der Waals surface area contributed by atoms with Crippen molar-refractivity contribution in [3.05, 3.63) is 10.1 Å². The van der Waals surface area contributed by atoms with E-state index in [1.165, 1.54) is 6.42 Å². The van der Waals surface area contributed by atoms with E-state index in [-0.39, 0.29) is 22.5 Å². The molecule has 1 aliphatic rings. The minimum Gasteiger partial charge on any atom is -0.265 e. The lowest BCUT2D eigenvalue weighted by atomic mass is 10.0. The van der Waals surface area contributed by atoms with Crippen LogP contribution in [0.4, 0.5) is 0 Å². The summed E-state index contributed by atoms with van der Waals surface area (Å²) in [4.78, 5) is 9.67. The zero-order valence-corrected chi connectivity index (χ0v) is 8.42. The average molecular weight is 205 g/mol. The Labute approximate surface area is 80.3 Å². The number of hydrogen-bond donors (Lipinski definition) is 0. The molecule has 0 radical (unpaired) electrons. The lowest BCUT2D eigenvalue weighted by Gasteiger charge is -2.19. The molecule has 0 saturated heterocycles. The van der Waals surface area contributed by atoms with Gasteiger partial charge in [0.25, 0.3) is 0 Å². The van der Waals surface area contributed by atoms with E-state index in [1.54, 1.807) is 0 Å². The lowest BCUT2D eigenvalue weighted by molar-refractivity contribution is -0.474. The maximum Gasteiger partial charge on any atom is 0.215 e. The van der Waals surface area contributed by atoms with Crippen molar-refractivity contribution >= 4 is 10.8 Å². The van der Waals surface area contributed by atoms with Crippen LogP contribution in [0.3, 0.4) is 0 Å². The van der Waals surface area contributed by atoms with Gasteiger partial charge in [-0.1, -0.05) is 19.3 Å². The third kappa shape index (κ3) is 3.85. The number of rotatable bonds is 4. The van der Waals surface area contributed by atoms with E-state index >= 15 is 0 Å². The Morgan fingerprint density at radius 2 is 1.92 bits per heavy atom. The number of hydrogen-bond acceptors (Lipinski definition) is 3. The highest BCUT2D eigenvalue weighted by molar-refractivity contribution is 7.85. The number of nitro groups is 1. The monoisotopic (exact) mass is 205 g/mol. The first kappa shape index (κ1) is 10.6. The SMILES string of the molecule is O=[N+]([O-])CC[S@@](=O)C1CCCCC1. The summed E-state index contributed by atoms with van der Waals surface area (Å²) in [7, 11) is -0.969. The van der Waals surface area contributed by atoms with Crippen LogP contribution >= 0.6 is 0 Å². The smallest absolute Gasteiger partial charge is 0.215 e. The standard InChI is InChI=1S/C8H15NO3S/c10-9(11)6-7-13(12)8-4-2-1-3-5-8/h8H,1-7H2/t13-/m1/s1. The molecule has 0 aromatic heterocycles. The zero-order valence-electron chi connectivity index (χ0n) is 7.61. The van der Waals surface area contributed by atoms with Crippen LogP contribution in [0.2, 0.25) is 0 Å². The molecule has 1 saturated carbocycles. The molecule has 0 aromatic carbocycles. The van der Waals surface area contributed by atoms with Gasteiger partial charge in [0.2, 0.25) is 6.54 Å². The summed E-state index contributed by atoms with van der Waals surface area (Å²) < 4.78 is 11.5. The molecular weight excluding hydrogens is 190 g/mol. The van der Waals surface area contributed by atoms with Crippen LogP contribution in [-0.4, -0.2) is 26.7 Å². The Balaban J connectivity index is 2.25. The van der Waals surface area contributed by atoms with Gasteiger partial charge in [0.1, 0.15) is 0 Å². The molecule has 0 aromatic rings. The fourth-order valence-corrected chi connectivity index (χ4v) is 3.18. The van der Waals surface area contributed by atoms with E-state index in [0.29, 0.717) is 0 Å². The van der Waals surface area contributed by atoms with Crippen LogP contribution < -0.4 is 0 Å². The fraction of sp³-hybridized carbons (Fsp3) is 1.00. The van der Waals surface area contributed by atoms with Crippen molar-refractivity contribution in [2.24, 2.45) is 0 Å². The Morgan fingerprint density at radius 1 is 1.31 bits per heavy atom. The molecule has 76 valence electrons. The first-order chi connectivity index (χ1) is 6.20. The normalized spacial score (nSPS) is 21.2. The van der Waals surface area contributed by atoms with Crippen LogP contribution in [0.25, 0.3) is 0 Å². The van der Waals surface area contributed by atoms with Gasteiger partial charge in [-0.05, 0) is 12.8 Å². The molecule has 0 spiro atoms. The van der Waals surface area contributed by atoms with Gasteiger partial charge >= 0.3 is 0 Å². The second-order valence-electron chi connectivity index (χ2n) is 3.40. The molecule has 0 N–H and O–H groups in total. The van der Waals surface area contributed by atoms with E-state index in [9.17, 15) is 14.3 Å². The van der Waals surface area contributed by atoms with Crippen molar-refractivity contribution < 1.29 is 9.13 Å². The van der Waals surface area contributed by atoms with Crippen LogP contribution in [0.15, 0.2) is 0 Å². The first-order valence-corrected chi connectivity index (χ1v) is 6.07. The summed E-state index contributed by atoms with van der Waals surface area (Å²) in [6.45, 7) is -0.150. The first-order valence-electron chi connectivity index (χ1n) is 4.69. The second-order valence-corrected chi connectivity index (χ2v) is 5.24. The predicted molar refractivity (Wildman–Crippen MR) is 51.7 cm³/mol. The van der Waals surface area contributed by atoms with Crippen molar-refractivity contribution in [1.29, 1.82) is 0 Å². The predicted octanol–water partition coefficient (Wildman–Crippen LogP) is 1.34. The molecular formula is C8H15NO3S. The maximum absolute atomic E-state index is 11.5. The molecule has 4 nitrogen and oxygen atoms in total. The van der Waals surface area contributed by atoms with Crippen molar-refractivity contribution in [3.63, 3.8) is 0 Å². The molecule has 0 heterocycles. The van der Waals surface area contributed by atoms with Crippen molar-refractivity contribution in [2.75, 3.05) is 12.3 Å². The van der Waals surface area contributed by atoms with Gasteiger partial charge in [0.15, 0.2) is 0 Å². The third-order valence-corrected chi connectivity index (χ3v) is 4.20. The van der Waals surface area contributed by atoms with Crippen molar-refractivity contribution in [3.8, 4) is 0 Å². The van der Waals surface area contributed by atoms with Gasteiger partial charge in [0.05, 0.1) is 5.75 Å². The topological polar surface area (TPSA) is 60.2 Å². The van der Waals surface area contributed by atoms with Crippen molar-refractivity contribution in [1.82, 2.24) is 0 Å². The van der Waals surface area contributed by atoms with Crippen LogP contribution in [-0.2, 0) is 10.8 Å². The minimum absolute atomic E-state index is 0.150. The molecule has 0 unspecified atom stereocenters. The molecule has 13 heavy (non-hydrogen) atoms. The highest BCUT2D eigenvalue weighted by Gasteiger charge is 2.20. The molecule has 0 amide bonds. The van der Waals surface area contributed by atoms with Gasteiger partial charge in [-0.2, -0.15) is 0 Å². The largest absolute Gasteiger partial charge is 0.265 e. The molecule has 1 atom stereocenters. The van der Waals surface area contributed by atoms with Gasteiger partial charge in [-0.3, -0.25) is 14.3 Å². The van der Waals surface area contributed by atoms with Crippen LogP contribution in [0, 0.1) is 10.1 Å². The van der Waals surface area contributed by atoms with Crippen molar-refractivity contribution in [2.45, 2.75) is 37.4 Å². The maximum atomic E-state index is 11.5. The van der Waals surface area contributed by atoms with Gasteiger partial charge < -0.3 is 0 Å². The Bertz CT molecular complexity index is 202. The highest BCUT2D eigenvalue weighted by atomic mass is 32.2. The van der Waals surface area contributed by atoms with Crippen LogP contribution in [0.1, 0.15) is 32.1 Å². The van der Waals surface area contributed by atoms with Gasteiger partial charge in [-0.15, -0.1) is 0 Å². The van der Waals surface area contributed by atoms with E-state index in [4.69, 9.17) is 0 Å². The molecule has 1 rings (SSSR count). The summed E-state index contributed by atoms with van der Waals surface area (Å²) in [5.41, 5.74) is 0. The zero-order chi connectivity index (χ0) is 9.68. The van der Waals surface area contributed by atoms with E-state index in [1.807, 2.05) is 0 Å². The molecule has 5 heteroatoms. The fourth-order valence-electron chi connectivity index (χ4n) is 1.66. The van der Waals surface area contributed by atoms with E-state index in [0.717, 1.165) is 25.7 Å². The molecule has 1 aliphatic carbocycles. The summed E-state index contributed by atoms with van der Waals surface area (Å²) >= 11 is 0. The summed E-state index contributed by atoms with van der Waals surface area (Å²) in [6.07, 6.45) is 5.47. The minimum atomic E-state index is -0.969. The quantitative estimate of drug-likeness (QED) is 0.514. The van der Waals surface area contributed by atoms with E-state index < -0.39 is 10.8 Å². The summed E-state index contributed by atoms with van der Waals surface area (Å²) in [5, 5.41) is 10.3. The average Bonchev–Trinajstić information content (AvgIpc) is 2.15. The van der Waals surface area contributed by atoms with E-state index in [2.05, 4.69) is 0 Å². The van der Waals surface area contributed by atoms with Gasteiger partial charge in [-0.25, -0.2) is 0 Å².